The van der Waals surface area contributed by atoms with Gasteiger partial charge in [-0.25, -0.2) is 0 Å². The molecule has 1 atom stereocenters. The zero-order valence-electron chi connectivity index (χ0n) is 11.6. The van der Waals surface area contributed by atoms with E-state index in [2.05, 4.69) is 0 Å². The number of ketones is 1. The van der Waals surface area contributed by atoms with Gasteiger partial charge in [0, 0.05) is 6.42 Å². The van der Waals surface area contributed by atoms with Crippen molar-refractivity contribution in [1.82, 2.24) is 0 Å². The zero-order valence-corrected chi connectivity index (χ0v) is 11.6. The largest absolute Gasteiger partial charge is 0.416 e. The minimum Gasteiger partial charge on any atom is -0.300 e. The van der Waals surface area contributed by atoms with Gasteiger partial charge in [0.25, 0.3) is 0 Å². The Hall–Kier alpha value is -2.04. The molecule has 0 aliphatic carbocycles. The number of hydrogen-bond acceptors (Lipinski definition) is 2. The zero-order chi connectivity index (χ0) is 17.3. The molecule has 2 nitrogen and oxygen atoms in total. The lowest BCUT2D eigenvalue weighted by Crippen LogP contribution is -2.24. The van der Waals surface area contributed by atoms with E-state index in [4.69, 9.17) is 5.26 Å². The molecule has 0 aromatic heterocycles. The summed E-state index contributed by atoms with van der Waals surface area (Å²) in [7, 11) is 0. The lowest BCUT2D eigenvalue weighted by molar-refractivity contribution is -0.143. The monoisotopic (exact) mass is 323 g/mol. The van der Waals surface area contributed by atoms with Crippen LogP contribution in [0.3, 0.4) is 0 Å². The third-order valence-corrected chi connectivity index (χ3v) is 3.07. The molecule has 0 spiro atoms. The first-order valence-electron chi connectivity index (χ1n) is 6.00. The van der Waals surface area contributed by atoms with Crippen LogP contribution in [0.1, 0.15) is 37.0 Å². The molecule has 1 unspecified atom stereocenters. The van der Waals surface area contributed by atoms with Crippen LogP contribution in [0.25, 0.3) is 0 Å². The number of carbonyl (C=O) groups excluding carboxylic acids is 1. The van der Waals surface area contributed by atoms with E-state index in [1.54, 1.807) is 6.07 Å². The minimum atomic E-state index is -5.00. The van der Waals surface area contributed by atoms with Crippen LogP contribution < -0.4 is 0 Å². The smallest absolute Gasteiger partial charge is 0.300 e. The fourth-order valence-electron chi connectivity index (χ4n) is 1.98. The van der Waals surface area contributed by atoms with Crippen LogP contribution >= 0.6 is 0 Å². The molecule has 8 heteroatoms. The van der Waals surface area contributed by atoms with Gasteiger partial charge in [0.05, 0.1) is 22.6 Å². The van der Waals surface area contributed by atoms with Gasteiger partial charge in [-0.1, -0.05) is 0 Å². The first-order valence-corrected chi connectivity index (χ1v) is 6.00. The van der Waals surface area contributed by atoms with Gasteiger partial charge in [-0.3, -0.25) is 4.79 Å². The molecule has 0 radical (unpaired) electrons. The average molecular weight is 323 g/mol. The van der Waals surface area contributed by atoms with Crippen molar-refractivity contribution >= 4 is 5.78 Å². The van der Waals surface area contributed by atoms with E-state index in [1.165, 1.54) is 0 Å². The number of rotatable bonds is 3. The van der Waals surface area contributed by atoms with Crippen molar-refractivity contribution in [2.45, 2.75) is 38.0 Å². The quantitative estimate of drug-likeness (QED) is 0.769. The molecule has 0 saturated carbocycles. The van der Waals surface area contributed by atoms with Gasteiger partial charge in [0.15, 0.2) is 0 Å². The Labute approximate surface area is 122 Å². The number of carbonyl (C=O) groups is 1. The van der Waals surface area contributed by atoms with Gasteiger partial charge in [0.1, 0.15) is 5.78 Å². The van der Waals surface area contributed by atoms with Gasteiger partial charge in [-0.2, -0.15) is 31.6 Å². The lowest BCUT2D eigenvalue weighted by Gasteiger charge is -2.23. The summed E-state index contributed by atoms with van der Waals surface area (Å²) >= 11 is 0. The Morgan fingerprint density at radius 1 is 1.00 bits per heavy atom. The van der Waals surface area contributed by atoms with Crippen molar-refractivity contribution in [3.05, 3.63) is 34.9 Å². The molecule has 0 saturated heterocycles. The lowest BCUT2D eigenvalue weighted by atomic mass is 9.78. The molecule has 0 fully saturated rings. The van der Waals surface area contributed by atoms with Gasteiger partial charge < -0.3 is 0 Å². The van der Waals surface area contributed by atoms with E-state index < -0.39 is 46.7 Å². The second-order valence-electron chi connectivity index (χ2n) is 5.12. The molecule has 22 heavy (non-hydrogen) atoms. The van der Waals surface area contributed by atoms with E-state index in [1.807, 2.05) is 0 Å². The van der Waals surface area contributed by atoms with Crippen LogP contribution in [0, 0.1) is 11.3 Å². The molecule has 1 aromatic carbocycles. The van der Waals surface area contributed by atoms with E-state index in [0.29, 0.717) is 12.1 Å². The van der Waals surface area contributed by atoms with Crippen LogP contribution in [-0.2, 0) is 22.6 Å². The predicted molar refractivity (Wildman–Crippen MR) is 64.7 cm³/mol. The number of hydrogen-bond donors (Lipinski definition) is 0. The predicted octanol–water partition coefficient (Wildman–Crippen LogP) is 4.48. The highest BCUT2D eigenvalue weighted by Crippen LogP contribution is 2.39. The number of benzene rings is 1. The Kier molecular flexibility index (Phi) is 4.61. The van der Waals surface area contributed by atoms with Gasteiger partial charge in [-0.05, 0) is 37.6 Å². The number of alkyl halides is 6. The third-order valence-electron chi connectivity index (χ3n) is 3.07. The summed E-state index contributed by atoms with van der Waals surface area (Å²) < 4.78 is 76.6. The van der Waals surface area contributed by atoms with Crippen molar-refractivity contribution in [2.24, 2.45) is 0 Å². The average Bonchev–Trinajstić information content (AvgIpc) is 2.35. The molecule has 0 heterocycles. The molecule has 0 N–H and O–H groups in total. The number of nitrogens with zero attached hydrogens (tertiary/aromatic N) is 1. The van der Waals surface area contributed by atoms with Crippen LogP contribution in [0.5, 0.6) is 0 Å². The highest BCUT2D eigenvalue weighted by atomic mass is 19.4. The molecule has 1 rings (SSSR count). The van der Waals surface area contributed by atoms with Crippen molar-refractivity contribution < 1.29 is 31.1 Å². The summed E-state index contributed by atoms with van der Waals surface area (Å²) in [5.74, 6) is -0.518. The molecular formula is C14H11F6NO. The minimum absolute atomic E-state index is 0.0188. The highest BCUT2D eigenvalue weighted by Gasteiger charge is 2.39. The maximum atomic E-state index is 12.8. The maximum absolute atomic E-state index is 12.8. The first-order chi connectivity index (χ1) is 9.79. The van der Waals surface area contributed by atoms with Gasteiger partial charge >= 0.3 is 12.4 Å². The van der Waals surface area contributed by atoms with Gasteiger partial charge in [-0.15, -0.1) is 0 Å². The normalized spacial score (nSPS) is 15.0. The summed E-state index contributed by atoms with van der Waals surface area (Å²) in [5, 5.41) is 9.11. The first kappa shape index (κ1) is 18.0. The Morgan fingerprint density at radius 2 is 1.36 bits per heavy atom. The number of halogens is 6. The Morgan fingerprint density at radius 3 is 1.64 bits per heavy atom. The topological polar surface area (TPSA) is 40.9 Å². The van der Waals surface area contributed by atoms with Crippen LogP contribution in [0.4, 0.5) is 26.3 Å². The second kappa shape index (κ2) is 5.63. The molecule has 0 aliphatic heterocycles. The Balaban J connectivity index is 3.60. The number of Topliss-reactive ketones (excluding diaryl/α,β-unsaturated/α-hetero) is 1. The van der Waals surface area contributed by atoms with Gasteiger partial charge in [0.2, 0.25) is 0 Å². The second-order valence-corrected chi connectivity index (χ2v) is 5.12. The van der Waals surface area contributed by atoms with Crippen LogP contribution in [-0.4, -0.2) is 5.78 Å². The molecule has 0 bridgehead atoms. The van der Waals surface area contributed by atoms with Crippen LogP contribution in [0.2, 0.25) is 0 Å². The Bertz CT molecular complexity index is 593. The standard InChI is InChI=1S/C14H11F6NO/c1-8(22)6-12(2,7-21)9-3-10(13(15,16)17)5-11(4-9)14(18,19)20/h3-5H,6H2,1-2H3. The maximum Gasteiger partial charge on any atom is 0.416 e. The molecule has 1 aromatic rings. The van der Waals surface area contributed by atoms with E-state index in [9.17, 15) is 31.1 Å². The van der Waals surface area contributed by atoms with Crippen molar-refractivity contribution in [1.29, 1.82) is 5.26 Å². The summed E-state index contributed by atoms with van der Waals surface area (Å²) in [5.41, 5.74) is -5.29. The molecular weight excluding hydrogens is 312 g/mol. The van der Waals surface area contributed by atoms with E-state index in [-0.39, 0.29) is 6.07 Å². The summed E-state index contributed by atoms with van der Waals surface area (Å²) in [6.45, 7) is 2.23. The highest BCUT2D eigenvalue weighted by molar-refractivity contribution is 5.78. The molecule has 0 aliphatic rings. The summed E-state index contributed by atoms with van der Waals surface area (Å²) in [4.78, 5) is 11.2. The molecule has 0 amide bonds. The van der Waals surface area contributed by atoms with Crippen LogP contribution in [0.15, 0.2) is 18.2 Å². The third kappa shape index (κ3) is 4.00. The summed E-state index contributed by atoms with van der Waals surface area (Å²) in [6.07, 6.45) is -10.5. The fourth-order valence-corrected chi connectivity index (χ4v) is 1.98. The number of nitriles is 1. The van der Waals surface area contributed by atoms with E-state index in [0.717, 1.165) is 13.8 Å². The SMILES string of the molecule is CC(=O)CC(C)(C#N)c1cc(C(F)(F)F)cc(C(F)(F)F)c1. The molecule has 120 valence electrons. The van der Waals surface area contributed by atoms with Crippen molar-refractivity contribution in [3.63, 3.8) is 0 Å². The fraction of sp³-hybridized carbons (Fsp3) is 0.429. The van der Waals surface area contributed by atoms with Crippen molar-refractivity contribution in [3.8, 4) is 6.07 Å². The van der Waals surface area contributed by atoms with E-state index >= 15 is 0 Å². The summed E-state index contributed by atoms with van der Waals surface area (Å²) in [6, 6.07) is 2.56. The van der Waals surface area contributed by atoms with Crippen molar-refractivity contribution in [2.75, 3.05) is 0 Å².